The minimum absolute atomic E-state index is 0.0626. The number of carboxylic acid groups (broad SMARTS) is 1. The van der Waals surface area contributed by atoms with Gasteiger partial charge in [0.05, 0.1) is 11.8 Å². The maximum atomic E-state index is 11.8. The number of carbonyl (C=O) groups excluding carboxylic acids is 1. The normalized spacial score (nSPS) is 29.9. The largest absolute Gasteiger partial charge is 0.481 e. The molecule has 17 heavy (non-hydrogen) atoms. The molecule has 1 saturated heterocycles. The Morgan fingerprint density at radius 2 is 1.94 bits per heavy atom. The highest BCUT2D eigenvalue weighted by atomic mass is 16.4. The lowest BCUT2D eigenvalue weighted by molar-refractivity contribution is -0.140. The van der Waals surface area contributed by atoms with Crippen molar-refractivity contribution in [1.29, 1.82) is 0 Å². The molecule has 0 aromatic rings. The molecule has 5 heteroatoms. The summed E-state index contributed by atoms with van der Waals surface area (Å²) in [6.45, 7) is 5.24. The zero-order chi connectivity index (χ0) is 12.4. The minimum Gasteiger partial charge on any atom is -0.481 e. The predicted molar refractivity (Wildman–Crippen MR) is 62.5 cm³/mol. The smallest absolute Gasteiger partial charge is 0.307 e. The van der Waals surface area contributed by atoms with Crippen molar-refractivity contribution in [2.75, 3.05) is 19.6 Å². The number of hydrogen-bond donors (Lipinski definition) is 2. The van der Waals surface area contributed by atoms with Crippen LogP contribution >= 0.6 is 0 Å². The van der Waals surface area contributed by atoms with Gasteiger partial charge in [0.15, 0.2) is 0 Å². The van der Waals surface area contributed by atoms with E-state index in [4.69, 9.17) is 5.11 Å². The van der Waals surface area contributed by atoms with Crippen LogP contribution < -0.4 is 5.32 Å². The number of piperidine rings is 1. The molecular weight excluding hydrogens is 220 g/mol. The molecule has 0 bridgehead atoms. The summed E-state index contributed by atoms with van der Waals surface area (Å²) in [4.78, 5) is 24.8. The standard InChI is InChI=1S/C12H20N2O3/c1-2-14-5-3-8(4-6-14)13-11(15)9-7-10(9)12(16)17/h8-10H,2-7H2,1H3,(H,13,15)(H,16,17)/t9-,10+/m1/s1. The van der Waals surface area contributed by atoms with Crippen molar-refractivity contribution in [2.24, 2.45) is 11.8 Å². The fourth-order valence-corrected chi connectivity index (χ4v) is 2.46. The van der Waals surface area contributed by atoms with E-state index in [2.05, 4.69) is 17.1 Å². The van der Waals surface area contributed by atoms with E-state index in [1.54, 1.807) is 0 Å². The minimum atomic E-state index is -0.842. The quantitative estimate of drug-likeness (QED) is 0.742. The Bertz CT molecular complexity index is 311. The van der Waals surface area contributed by atoms with Gasteiger partial charge in [0, 0.05) is 19.1 Å². The Hall–Kier alpha value is -1.10. The molecule has 0 spiro atoms. The Labute approximate surface area is 101 Å². The molecule has 2 rings (SSSR count). The first-order valence-corrected chi connectivity index (χ1v) is 6.37. The summed E-state index contributed by atoms with van der Waals surface area (Å²) in [5.41, 5.74) is 0. The van der Waals surface area contributed by atoms with Gasteiger partial charge in [-0.2, -0.15) is 0 Å². The van der Waals surface area contributed by atoms with Crippen LogP contribution in [0.5, 0.6) is 0 Å². The molecule has 1 aliphatic carbocycles. The summed E-state index contributed by atoms with van der Waals surface area (Å²) in [5.74, 6) is -1.62. The molecular formula is C12H20N2O3. The summed E-state index contributed by atoms with van der Waals surface area (Å²) in [7, 11) is 0. The lowest BCUT2D eigenvalue weighted by Gasteiger charge is -2.31. The fraction of sp³-hybridized carbons (Fsp3) is 0.833. The third-order valence-corrected chi connectivity index (χ3v) is 3.83. The van der Waals surface area contributed by atoms with E-state index in [0.29, 0.717) is 6.42 Å². The van der Waals surface area contributed by atoms with Crippen molar-refractivity contribution in [3.63, 3.8) is 0 Å². The number of nitrogens with one attached hydrogen (secondary N) is 1. The SMILES string of the molecule is CCN1CCC(NC(=O)[C@@H]2C[C@@H]2C(=O)O)CC1. The Balaban J connectivity index is 1.72. The molecule has 1 heterocycles. The van der Waals surface area contributed by atoms with Crippen LogP contribution in [-0.2, 0) is 9.59 Å². The van der Waals surface area contributed by atoms with Crippen molar-refractivity contribution < 1.29 is 14.7 Å². The molecule has 2 atom stereocenters. The Kier molecular flexibility index (Phi) is 3.66. The van der Waals surface area contributed by atoms with Gasteiger partial charge in [-0.15, -0.1) is 0 Å². The predicted octanol–water partition coefficient (Wildman–Crippen LogP) is 0.308. The second kappa shape index (κ2) is 5.04. The van der Waals surface area contributed by atoms with Gasteiger partial charge in [-0.3, -0.25) is 9.59 Å². The van der Waals surface area contributed by atoms with E-state index in [9.17, 15) is 9.59 Å². The first-order valence-electron chi connectivity index (χ1n) is 6.37. The first-order chi connectivity index (χ1) is 8.11. The third-order valence-electron chi connectivity index (χ3n) is 3.83. The highest BCUT2D eigenvalue weighted by molar-refractivity contribution is 5.89. The van der Waals surface area contributed by atoms with Crippen LogP contribution in [0.1, 0.15) is 26.2 Å². The van der Waals surface area contributed by atoms with Crippen LogP contribution in [0.25, 0.3) is 0 Å². The van der Waals surface area contributed by atoms with Crippen LogP contribution in [0.4, 0.5) is 0 Å². The molecule has 1 saturated carbocycles. The van der Waals surface area contributed by atoms with E-state index >= 15 is 0 Å². The van der Waals surface area contributed by atoms with Gasteiger partial charge in [0.1, 0.15) is 0 Å². The molecule has 0 radical (unpaired) electrons. The molecule has 96 valence electrons. The van der Waals surface area contributed by atoms with Gasteiger partial charge in [-0.05, 0) is 25.8 Å². The molecule has 0 aromatic carbocycles. The van der Waals surface area contributed by atoms with E-state index in [-0.39, 0.29) is 17.9 Å². The van der Waals surface area contributed by atoms with Crippen molar-refractivity contribution >= 4 is 11.9 Å². The average Bonchev–Trinajstić information content (AvgIpc) is 3.10. The Morgan fingerprint density at radius 3 is 2.41 bits per heavy atom. The molecule has 2 N–H and O–H groups in total. The van der Waals surface area contributed by atoms with Crippen molar-refractivity contribution in [3.8, 4) is 0 Å². The summed E-state index contributed by atoms with van der Waals surface area (Å²) in [5, 5.41) is 11.7. The third kappa shape index (κ3) is 2.97. The number of hydrogen-bond acceptors (Lipinski definition) is 3. The van der Waals surface area contributed by atoms with E-state index < -0.39 is 11.9 Å². The number of amides is 1. The molecule has 5 nitrogen and oxygen atoms in total. The highest BCUT2D eigenvalue weighted by Crippen LogP contribution is 2.38. The lowest BCUT2D eigenvalue weighted by atomic mass is 10.0. The number of carboxylic acids is 1. The van der Waals surface area contributed by atoms with Crippen molar-refractivity contribution in [3.05, 3.63) is 0 Å². The van der Waals surface area contributed by atoms with Gasteiger partial charge in [0.2, 0.25) is 5.91 Å². The zero-order valence-electron chi connectivity index (χ0n) is 10.2. The van der Waals surface area contributed by atoms with E-state index in [1.165, 1.54) is 0 Å². The van der Waals surface area contributed by atoms with Crippen molar-refractivity contribution in [2.45, 2.75) is 32.2 Å². The summed E-state index contributed by atoms with van der Waals surface area (Å²) >= 11 is 0. The molecule has 2 aliphatic rings. The molecule has 1 aliphatic heterocycles. The van der Waals surface area contributed by atoms with Crippen LogP contribution in [0.15, 0.2) is 0 Å². The van der Waals surface area contributed by atoms with Gasteiger partial charge < -0.3 is 15.3 Å². The van der Waals surface area contributed by atoms with Gasteiger partial charge in [0.25, 0.3) is 0 Å². The topological polar surface area (TPSA) is 69.6 Å². The van der Waals surface area contributed by atoms with Crippen LogP contribution in [0.3, 0.4) is 0 Å². The molecule has 0 aromatic heterocycles. The summed E-state index contributed by atoms with van der Waals surface area (Å²) in [6.07, 6.45) is 2.46. The number of nitrogens with zero attached hydrogens (tertiary/aromatic N) is 1. The van der Waals surface area contributed by atoms with Crippen LogP contribution in [-0.4, -0.2) is 47.6 Å². The second-order valence-corrected chi connectivity index (χ2v) is 5.00. The monoisotopic (exact) mass is 240 g/mol. The summed E-state index contributed by atoms with van der Waals surface area (Å²) < 4.78 is 0. The van der Waals surface area contributed by atoms with Crippen LogP contribution in [0, 0.1) is 11.8 Å². The number of rotatable bonds is 4. The number of likely N-dealkylation sites (tertiary alicyclic amines) is 1. The second-order valence-electron chi connectivity index (χ2n) is 5.00. The van der Waals surface area contributed by atoms with E-state index in [0.717, 1.165) is 32.5 Å². The first kappa shape index (κ1) is 12.4. The molecule has 2 fully saturated rings. The van der Waals surface area contributed by atoms with Crippen LogP contribution in [0.2, 0.25) is 0 Å². The van der Waals surface area contributed by atoms with Gasteiger partial charge in [-0.1, -0.05) is 6.92 Å². The van der Waals surface area contributed by atoms with Crippen molar-refractivity contribution in [1.82, 2.24) is 10.2 Å². The highest BCUT2D eigenvalue weighted by Gasteiger charge is 2.48. The maximum absolute atomic E-state index is 11.8. The van der Waals surface area contributed by atoms with Gasteiger partial charge in [-0.25, -0.2) is 0 Å². The number of aliphatic carboxylic acids is 1. The van der Waals surface area contributed by atoms with E-state index in [1.807, 2.05) is 0 Å². The zero-order valence-corrected chi connectivity index (χ0v) is 10.2. The number of carbonyl (C=O) groups is 2. The lowest BCUT2D eigenvalue weighted by Crippen LogP contribution is -2.45. The average molecular weight is 240 g/mol. The fourth-order valence-electron chi connectivity index (χ4n) is 2.46. The van der Waals surface area contributed by atoms with Gasteiger partial charge >= 0.3 is 5.97 Å². The molecule has 1 amide bonds. The Morgan fingerprint density at radius 1 is 1.29 bits per heavy atom. The maximum Gasteiger partial charge on any atom is 0.307 e. The summed E-state index contributed by atoms with van der Waals surface area (Å²) in [6, 6.07) is 0.236. The molecule has 0 unspecified atom stereocenters.